The van der Waals surface area contributed by atoms with E-state index in [1.165, 1.54) is 0 Å². The molecule has 2 aliphatic heterocycles. The molecule has 0 bridgehead atoms. The third-order valence-electron chi connectivity index (χ3n) is 5.54. The molecule has 1 atom stereocenters. The fourth-order valence-corrected chi connectivity index (χ4v) is 4.28. The lowest BCUT2D eigenvalue weighted by molar-refractivity contribution is -0.0549. The van der Waals surface area contributed by atoms with E-state index in [0.717, 1.165) is 39.2 Å². The lowest BCUT2D eigenvalue weighted by Gasteiger charge is -2.45. The number of rotatable bonds is 3. The summed E-state index contributed by atoms with van der Waals surface area (Å²) in [6.45, 7) is 10.8. The number of halogens is 1. The van der Waals surface area contributed by atoms with Crippen molar-refractivity contribution in [2.75, 3.05) is 14.2 Å². The van der Waals surface area contributed by atoms with E-state index in [1.807, 2.05) is 19.1 Å². The summed E-state index contributed by atoms with van der Waals surface area (Å²) in [6, 6.07) is 3.97. The highest BCUT2D eigenvalue weighted by atomic mass is 79.9. The zero-order chi connectivity index (χ0) is 19.1. The number of methoxy groups -OCH3 is 1. The summed E-state index contributed by atoms with van der Waals surface area (Å²) in [5.74, 6) is 1.57. The van der Waals surface area contributed by atoms with Crippen LogP contribution in [0.25, 0.3) is 6.08 Å². The summed E-state index contributed by atoms with van der Waals surface area (Å²) in [6.07, 6.45) is 11.6. The van der Waals surface area contributed by atoms with Crippen molar-refractivity contribution >= 4 is 22.0 Å². The van der Waals surface area contributed by atoms with Gasteiger partial charge in [-0.05, 0) is 66.9 Å². The highest BCUT2D eigenvalue weighted by Gasteiger charge is 2.58. The van der Waals surface area contributed by atoms with Gasteiger partial charge in [0, 0.05) is 24.4 Å². The largest absolute Gasteiger partial charge is 0.495 e. The molecule has 2 aliphatic rings. The molecule has 1 saturated heterocycles. The van der Waals surface area contributed by atoms with Crippen molar-refractivity contribution in [2.45, 2.75) is 32.9 Å². The number of nitrogens with zero attached hydrogens (tertiary/aromatic N) is 1. The number of benzene rings is 1. The van der Waals surface area contributed by atoms with Crippen LogP contribution in [-0.2, 0) is 0 Å². The normalized spacial score (nSPS) is 25.2. The van der Waals surface area contributed by atoms with Crippen molar-refractivity contribution in [1.82, 2.24) is 4.90 Å². The van der Waals surface area contributed by atoms with Crippen LogP contribution in [0.4, 0.5) is 0 Å². The van der Waals surface area contributed by atoms with Crippen LogP contribution in [-0.4, -0.2) is 24.8 Å². The molecule has 0 radical (unpaired) electrons. The number of likely N-dealkylation sites (tertiary alicyclic amines) is 1. The van der Waals surface area contributed by atoms with Crippen molar-refractivity contribution in [3.63, 3.8) is 0 Å². The molecule has 1 aromatic carbocycles. The van der Waals surface area contributed by atoms with Crippen LogP contribution in [0.15, 0.2) is 58.8 Å². The summed E-state index contributed by atoms with van der Waals surface area (Å²) in [5.41, 5.74) is 2.35. The van der Waals surface area contributed by atoms with Crippen molar-refractivity contribution in [1.29, 1.82) is 0 Å². The first-order valence-corrected chi connectivity index (χ1v) is 9.58. The molecular formula is C22H26BrNO2. The Morgan fingerprint density at radius 1 is 1.35 bits per heavy atom. The molecule has 4 heteroatoms. The molecule has 3 rings (SSSR count). The van der Waals surface area contributed by atoms with Crippen LogP contribution < -0.4 is 9.47 Å². The zero-order valence-corrected chi connectivity index (χ0v) is 17.7. The summed E-state index contributed by atoms with van der Waals surface area (Å²) >= 11 is 3.54. The number of fused-ring (bicyclic) bond motifs is 1. The molecular weight excluding hydrogens is 390 g/mol. The van der Waals surface area contributed by atoms with Gasteiger partial charge in [-0.15, -0.1) is 0 Å². The third kappa shape index (κ3) is 2.62. The first kappa shape index (κ1) is 18.8. The summed E-state index contributed by atoms with van der Waals surface area (Å²) in [4.78, 5) is 2.20. The molecule has 0 amide bonds. The van der Waals surface area contributed by atoms with Crippen LogP contribution >= 0.6 is 15.9 Å². The van der Waals surface area contributed by atoms with Gasteiger partial charge in [-0.1, -0.05) is 24.8 Å². The molecule has 26 heavy (non-hydrogen) atoms. The second-order valence-corrected chi connectivity index (χ2v) is 8.07. The maximum atomic E-state index is 6.63. The van der Waals surface area contributed by atoms with Gasteiger partial charge in [0.2, 0.25) is 5.72 Å². The first-order valence-electron chi connectivity index (χ1n) is 8.79. The monoisotopic (exact) mass is 415 g/mol. The van der Waals surface area contributed by atoms with Crippen LogP contribution in [0, 0.1) is 5.41 Å². The van der Waals surface area contributed by atoms with Crippen LogP contribution in [0.2, 0.25) is 0 Å². The predicted octanol–water partition coefficient (Wildman–Crippen LogP) is 5.94. The van der Waals surface area contributed by atoms with E-state index in [4.69, 9.17) is 9.47 Å². The molecule has 1 fully saturated rings. The topological polar surface area (TPSA) is 21.7 Å². The lowest BCUT2D eigenvalue weighted by Crippen LogP contribution is -2.54. The van der Waals surface area contributed by atoms with E-state index in [1.54, 1.807) is 7.11 Å². The number of ether oxygens (including phenoxy) is 2. The Bertz CT molecular complexity index is 835. The van der Waals surface area contributed by atoms with Gasteiger partial charge in [0.05, 0.1) is 17.0 Å². The highest BCUT2D eigenvalue weighted by Crippen LogP contribution is 2.56. The Kier molecular flexibility index (Phi) is 4.82. The summed E-state index contributed by atoms with van der Waals surface area (Å²) in [5, 5.41) is 0. The second kappa shape index (κ2) is 6.66. The van der Waals surface area contributed by atoms with Crippen molar-refractivity contribution in [3.05, 3.63) is 64.3 Å². The smallest absolute Gasteiger partial charge is 0.211 e. The Hall–Kier alpha value is -1.94. The first-order chi connectivity index (χ1) is 12.3. The molecule has 0 aromatic heterocycles. The Morgan fingerprint density at radius 2 is 2.08 bits per heavy atom. The summed E-state index contributed by atoms with van der Waals surface area (Å²) in [7, 11) is 3.74. The SMILES string of the molecule is C=C1/C(=C\C/C=C\C)N(C)C2(C=Cc3cc(Br)c(OC)cc3O2)C1(C)C. The molecule has 0 aliphatic carbocycles. The maximum absolute atomic E-state index is 6.63. The number of hydrogen-bond acceptors (Lipinski definition) is 3. The molecule has 138 valence electrons. The van der Waals surface area contributed by atoms with E-state index >= 15 is 0 Å². The van der Waals surface area contributed by atoms with Crippen LogP contribution in [0.3, 0.4) is 0 Å². The Morgan fingerprint density at radius 3 is 2.73 bits per heavy atom. The average Bonchev–Trinajstić information content (AvgIpc) is 2.74. The fraction of sp³-hybridized carbons (Fsp3) is 0.364. The van der Waals surface area contributed by atoms with Crippen LogP contribution in [0.5, 0.6) is 11.5 Å². The number of likely N-dealkylation sites (N-methyl/N-ethyl adjacent to an activating group) is 1. The van der Waals surface area contributed by atoms with Gasteiger partial charge >= 0.3 is 0 Å². The Labute approximate surface area is 164 Å². The minimum absolute atomic E-state index is 0.280. The molecule has 1 spiro atoms. The van der Waals surface area contributed by atoms with Crippen molar-refractivity contribution in [3.8, 4) is 11.5 Å². The quantitative estimate of drug-likeness (QED) is 0.570. The predicted molar refractivity (Wildman–Crippen MR) is 111 cm³/mol. The Balaban J connectivity index is 2.08. The number of hydrogen-bond donors (Lipinski definition) is 0. The van der Waals surface area contributed by atoms with Crippen molar-refractivity contribution in [2.24, 2.45) is 5.41 Å². The molecule has 0 saturated carbocycles. The van der Waals surface area contributed by atoms with E-state index < -0.39 is 5.72 Å². The molecule has 1 unspecified atom stereocenters. The highest BCUT2D eigenvalue weighted by molar-refractivity contribution is 9.10. The number of allylic oxidation sites excluding steroid dienone is 4. The van der Waals surface area contributed by atoms with Gasteiger partial charge in [-0.2, -0.15) is 0 Å². The lowest BCUT2D eigenvalue weighted by atomic mass is 9.76. The van der Waals surface area contributed by atoms with Gasteiger partial charge < -0.3 is 14.4 Å². The van der Waals surface area contributed by atoms with Crippen molar-refractivity contribution < 1.29 is 9.47 Å². The average molecular weight is 416 g/mol. The molecule has 2 heterocycles. The minimum atomic E-state index is -0.613. The fourth-order valence-electron chi connectivity index (χ4n) is 3.76. The zero-order valence-electron chi connectivity index (χ0n) is 16.1. The standard InChI is InChI=1S/C22H26BrNO2/c1-7-8-9-10-18-15(2)21(3,4)22(24(18)5)12-11-16-13-17(23)20(25-6)14-19(16)26-22/h7-8,10-14H,2,9H2,1,3-6H3/b8-7-,18-10+. The van der Waals surface area contributed by atoms with E-state index in [-0.39, 0.29) is 5.41 Å². The molecule has 0 N–H and O–H groups in total. The molecule has 1 aromatic rings. The summed E-state index contributed by atoms with van der Waals surface area (Å²) < 4.78 is 13.0. The van der Waals surface area contributed by atoms with Crippen LogP contribution in [0.1, 0.15) is 32.8 Å². The second-order valence-electron chi connectivity index (χ2n) is 7.21. The maximum Gasteiger partial charge on any atom is 0.211 e. The minimum Gasteiger partial charge on any atom is -0.495 e. The van der Waals surface area contributed by atoms with E-state index in [0.29, 0.717) is 0 Å². The van der Waals surface area contributed by atoms with Gasteiger partial charge in [0.1, 0.15) is 11.5 Å². The third-order valence-corrected chi connectivity index (χ3v) is 6.16. The van der Waals surface area contributed by atoms with Gasteiger partial charge in [-0.3, -0.25) is 0 Å². The van der Waals surface area contributed by atoms with E-state index in [2.05, 4.69) is 78.7 Å². The van der Waals surface area contributed by atoms with E-state index in [9.17, 15) is 0 Å². The van der Waals surface area contributed by atoms with Gasteiger partial charge in [0.15, 0.2) is 0 Å². The van der Waals surface area contributed by atoms with Gasteiger partial charge in [-0.25, -0.2) is 0 Å². The van der Waals surface area contributed by atoms with Gasteiger partial charge in [0.25, 0.3) is 0 Å². The molecule has 3 nitrogen and oxygen atoms in total.